The first kappa shape index (κ1) is 19.1. The summed E-state index contributed by atoms with van der Waals surface area (Å²) in [7, 11) is 1.27. The summed E-state index contributed by atoms with van der Waals surface area (Å²) in [6, 6.07) is 13.2. The Morgan fingerprint density at radius 2 is 1.69 bits per heavy atom. The van der Waals surface area contributed by atoms with Crippen molar-refractivity contribution in [1.29, 1.82) is 0 Å². The van der Waals surface area contributed by atoms with Crippen LogP contribution in [0.25, 0.3) is 0 Å². The van der Waals surface area contributed by atoms with E-state index in [-0.39, 0.29) is 18.9 Å². The number of anilines is 1. The Kier molecular flexibility index (Phi) is 6.84. The van der Waals surface area contributed by atoms with Gasteiger partial charge in [-0.25, -0.2) is 4.79 Å². The Morgan fingerprint density at radius 3 is 2.38 bits per heavy atom. The molecular weight excluding hydrogens is 332 g/mol. The number of amides is 2. The van der Waals surface area contributed by atoms with Gasteiger partial charge in [-0.3, -0.25) is 4.79 Å². The minimum atomic E-state index is -0.569. The van der Waals surface area contributed by atoms with Gasteiger partial charge in [-0.05, 0) is 43.7 Å². The maximum Gasteiger partial charge on any atom is 0.406 e. The monoisotopic (exact) mass is 354 g/mol. The largest absolute Gasteiger partial charge is 0.453 e. The molecule has 2 N–H and O–H groups in total. The number of azo groups is 1. The highest BCUT2D eigenvalue weighted by atomic mass is 16.5. The van der Waals surface area contributed by atoms with E-state index in [0.717, 1.165) is 16.8 Å². The number of methoxy groups -OCH3 is 1. The summed E-state index contributed by atoms with van der Waals surface area (Å²) < 4.78 is 4.45. The minimum Gasteiger partial charge on any atom is -0.453 e. The van der Waals surface area contributed by atoms with Crippen LogP contribution in [-0.4, -0.2) is 25.7 Å². The molecule has 0 atom stereocenters. The Hall–Kier alpha value is -3.22. The lowest BCUT2D eigenvalue weighted by Crippen LogP contribution is -2.27. The first-order chi connectivity index (χ1) is 12.5. The van der Waals surface area contributed by atoms with Gasteiger partial charge in [0.25, 0.3) is 0 Å². The van der Waals surface area contributed by atoms with Crippen LogP contribution in [0.15, 0.2) is 52.7 Å². The quantitative estimate of drug-likeness (QED) is 0.753. The Labute approximate surface area is 152 Å². The van der Waals surface area contributed by atoms with E-state index in [1.54, 1.807) is 6.07 Å². The van der Waals surface area contributed by atoms with Crippen LogP contribution in [-0.2, 0) is 9.53 Å². The van der Waals surface area contributed by atoms with E-state index in [1.165, 1.54) is 7.11 Å². The molecule has 0 aliphatic rings. The molecule has 136 valence electrons. The Balaban J connectivity index is 2.05. The predicted molar refractivity (Wildman–Crippen MR) is 100 cm³/mol. The number of hydrogen-bond donors (Lipinski definition) is 2. The number of carbonyl (C=O) groups excluding carboxylic acids is 2. The van der Waals surface area contributed by atoms with E-state index in [1.807, 2.05) is 50.2 Å². The average molecular weight is 354 g/mol. The fourth-order valence-electron chi connectivity index (χ4n) is 2.12. The minimum absolute atomic E-state index is 0.123. The van der Waals surface area contributed by atoms with Crippen LogP contribution in [0.2, 0.25) is 0 Å². The topological polar surface area (TPSA) is 92.1 Å². The van der Waals surface area contributed by atoms with Gasteiger partial charge in [-0.2, -0.15) is 5.11 Å². The number of ether oxygens (including phenoxy) is 1. The van der Waals surface area contributed by atoms with Gasteiger partial charge in [0.05, 0.1) is 18.5 Å². The molecule has 2 amide bonds. The van der Waals surface area contributed by atoms with E-state index in [9.17, 15) is 9.59 Å². The molecule has 0 saturated heterocycles. The number of nitrogens with zero attached hydrogens (tertiary/aromatic N) is 2. The third-order valence-electron chi connectivity index (χ3n) is 3.54. The second-order valence-electron chi connectivity index (χ2n) is 5.77. The number of alkyl carbamates (subject to hydrolysis) is 1. The SMILES string of the molecule is COC(=O)NCCC(=O)Nc1ccc(C)cc1N=Nc1ccc(C)cc1. The lowest BCUT2D eigenvalue weighted by molar-refractivity contribution is -0.116. The first-order valence-corrected chi connectivity index (χ1v) is 8.18. The molecule has 0 aliphatic carbocycles. The number of nitrogens with one attached hydrogen (secondary N) is 2. The number of benzene rings is 2. The molecule has 0 bridgehead atoms. The van der Waals surface area contributed by atoms with Crippen molar-refractivity contribution in [2.45, 2.75) is 20.3 Å². The Bertz CT molecular complexity index is 801. The summed E-state index contributed by atoms with van der Waals surface area (Å²) >= 11 is 0. The number of hydrogen-bond acceptors (Lipinski definition) is 5. The summed E-state index contributed by atoms with van der Waals surface area (Å²) in [4.78, 5) is 23.0. The van der Waals surface area contributed by atoms with E-state index >= 15 is 0 Å². The molecule has 0 radical (unpaired) electrons. The zero-order chi connectivity index (χ0) is 18.9. The van der Waals surface area contributed by atoms with Gasteiger partial charge >= 0.3 is 6.09 Å². The van der Waals surface area contributed by atoms with Gasteiger partial charge < -0.3 is 15.4 Å². The van der Waals surface area contributed by atoms with Crippen LogP contribution in [0.3, 0.4) is 0 Å². The van der Waals surface area contributed by atoms with Crippen LogP contribution < -0.4 is 10.6 Å². The molecule has 2 aromatic rings. The summed E-state index contributed by atoms with van der Waals surface area (Å²) in [5.41, 5.74) is 4.02. The standard InChI is InChI=1S/C19H22N4O3/c1-13-4-7-15(8-5-13)22-23-17-12-14(2)6-9-16(17)21-18(24)10-11-20-19(25)26-3/h4-9,12H,10-11H2,1-3H3,(H,20,25)(H,21,24). The summed E-state index contributed by atoms with van der Waals surface area (Å²) in [5.74, 6) is -0.239. The third kappa shape index (κ3) is 6.01. The Morgan fingerprint density at radius 1 is 1.00 bits per heavy atom. The van der Waals surface area contributed by atoms with E-state index in [4.69, 9.17) is 0 Å². The van der Waals surface area contributed by atoms with Gasteiger partial charge in [0.1, 0.15) is 5.69 Å². The fourth-order valence-corrected chi connectivity index (χ4v) is 2.12. The summed E-state index contributed by atoms with van der Waals surface area (Å²) in [6.45, 7) is 4.13. The fraction of sp³-hybridized carbons (Fsp3) is 0.263. The van der Waals surface area contributed by atoms with Crippen molar-refractivity contribution in [2.24, 2.45) is 10.2 Å². The molecule has 2 rings (SSSR count). The molecule has 0 saturated carbocycles. The third-order valence-corrected chi connectivity index (χ3v) is 3.54. The number of aryl methyl sites for hydroxylation is 2. The average Bonchev–Trinajstić information content (AvgIpc) is 2.63. The molecule has 0 unspecified atom stereocenters. The molecule has 0 fully saturated rings. The van der Waals surface area contributed by atoms with Crippen molar-refractivity contribution in [1.82, 2.24) is 5.32 Å². The highest BCUT2D eigenvalue weighted by molar-refractivity contribution is 5.94. The van der Waals surface area contributed by atoms with Gasteiger partial charge in [-0.15, -0.1) is 5.11 Å². The van der Waals surface area contributed by atoms with Crippen LogP contribution in [0.4, 0.5) is 21.9 Å². The molecule has 26 heavy (non-hydrogen) atoms. The zero-order valence-electron chi connectivity index (χ0n) is 15.1. The van der Waals surface area contributed by atoms with E-state index in [0.29, 0.717) is 11.4 Å². The van der Waals surface area contributed by atoms with Crippen molar-refractivity contribution in [2.75, 3.05) is 19.0 Å². The molecule has 0 aliphatic heterocycles. The molecule has 0 spiro atoms. The predicted octanol–water partition coefficient (Wildman–Crippen LogP) is 4.40. The molecule has 2 aromatic carbocycles. The second-order valence-corrected chi connectivity index (χ2v) is 5.77. The van der Waals surface area contributed by atoms with Crippen LogP contribution in [0.5, 0.6) is 0 Å². The van der Waals surface area contributed by atoms with Crippen molar-refractivity contribution < 1.29 is 14.3 Å². The molecule has 0 aromatic heterocycles. The van der Waals surface area contributed by atoms with Crippen molar-refractivity contribution in [3.63, 3.8) is 0 Å². The summed E-state index contributed by atoms with van der Waals surface area (Å²) in [6.07, 6.45) is -0.446. The first-order valence-electron chi connectivity index (χ1n) is 8.18. The van der Waals surface area contributed by atoms with Crippen LogP contribution in [0, 0.1) is 13.8 Å². The molecule has 0 heterocycles. The number of rotatable bonds is 6. The normalized spacial score (nSPS) is 10.6. The van der Waals surface area contributed by atoms with Crippen LogP contribution in [0.1, 0.15) is 17.5 Å². The van der Waals surface area contributed by atoms with E-state index < -0.39 is 6.09 Å². The lowest BCUT2D eigenvalue weighted by atomic mass is 10.2. The highest BCUT2D eigenvalue weighted by Gasteiger charge is 2.08. The van der Waals surface area contributed by atoms with Crippen molar-refractivity contribution in [3.05, 3.63) is 53.6 Å². The molecule has 7 heteroatoms. The van der Waals surface area contributed by atoms with Crippen molar-refractivity contribution in [3.8, 4) is 0 Å². The molecule has 7 nitrogen and oxygen atoms in total. The van der Waals surface area contributed by atoms with Gasteiger partial charge in [0, 0.05) is 13.0 Å². The smallest absolute Gasteiger partial charge is 0.406 e. The summed E-state index contributed by atoms with van der Waals surface area (Å²) in [5, 5.41) is 13.7. The van der Waals surface area contributed by atoms with Crippen molar-refractivity contribution >= 4 is 29.1 Å². The highest BCUT2D eigenvalue weighted by Crippen LogP contribution is 2.28. The lowest BCUT2D eigenvalue weighted by Gasteiger charge is -2.09. The van der Waals surface area contributed by atoms with E-state index in [2.05, 4.69) is 25.6 Å². The van der Waals surface area contributed by atoms with Gasteiger partial charge in [0.2, 0.25) is 5.91 Å². The number of carbonyl (C=O) groups is 2. The van der Waals surface area contributed by atoms with Crippen LogP contribution >= 0.6 is 0 Å². The van der Waals surface area contributed by atoms with Gasteiger partial charge in [0.15, 0.2) is 0 Å². The second kappa shape index (κ2) is 9.31. The molecular formula is C19H22N4O3. The van der Waals surface area contributed by atoms with Gasteiger partial charge in [-0.1, -0.05) is 23.8 Å². The zero-order valence-corrected chi connectivity index (χ0v) is 15.1. The maximum absolute atomic E-state index is 12.1. The maximum atomic E-state index is 12.1.